The van der Waals surface area contributed by atoms with Gasteiger partial charge in [0.2, 0.25) is 0 Å². The van der Waals surface area contributed by atoms with Crippen molar-refractivity contribution in [1.82, 2.24) is 9.78 Å². The number of ether oxygens (including phenoxy) is 1. The van der Waals surface area contributed by atoms with Crippen LogP contribution in [0.4, 0.5) is 25.1 Å². The highest BCUT2D eigenvalue weighted by molar-refractivity contribution is 5.87. The Hall–Kier alpha value is -2.64. The van der Waals surface area contributed by atoms with Crippen LogP contribution in [-0.2, 0) is 11.8 Å². The molecule has 0 aliphatic carbocycles. The Balaban J connectivity index is 2.37. The molecular formula is C15H18F2N4O2. The van der Waals surface area contributed by atoms with E-state index in [9.17, 15) is 13.6 Å². The molecule has 0 saturated heterocycles. The number of benzene rings is 1. The molecule has 0 aliphatic rings. The van der Waals surface area contributed by atoms with Crippen molar-refractivity contribution >= 4 is 17.6 Å². The highest BCUT2D eigenvalue weighted by atomic mass is 19.2. The number of nitrogens with zero attached hydrogens (tertiary/aromatic N) is 2. The number of nitrogen functional groups attached to an aromatic ring is 1. The van der Waals surface area contributed by atoms with Crippen molar-refractivity contribution in [3.8, 4) is 11.1 Å². The molecule has 0 fully saturated rings. The number of hydrogen-bond donors (Lipinski definition) is 2. The minimum Gasteiger partial charge on any atom is -0.444 e. The Kier molecular flexibility index (Phi) is 4.26. The lowest BCUT2D eigenvalue weighted by atomic mass is 10.1. The third-order valence-corrected chi connectivity index (χ3v) is 2.96. The maximum absolute atomic E-state index is 13.9. The van der Waals surface area contributed by atoms with Gasteiger partial charge in [-0.25, -0.2) is 13.6 Å². The fraction of sp³-hybridized carbons (Fsp3) is 0.333. The average Bonchev–Trinajstić information content (AvgIpc) is 2.73. The van der Waals surface area contributed by atoms with Crippen molar-refractivity contribution in [1.29, 1.82) is 0 Å². The van der Waals surface area contributed by atoms with Gasteiger partial charge in [0.1, 0.15) is 11.4 Å². The summed E-state index contributed by atoms with van der Waals surface area (Å²) in [6, 6.07) is 2.26. The molecule has 0 radical (unpaired) electrons. The van der Waals surface area contributed by atoms with Crippen molar-refractivity contribution in [2.75, 3.05) is 11.1 Å². The molecule has 0 saturated carbocycles. The first-order chi connectivity index (χ1) is 10.6. The van der Waals surface area contributed by atoms with Crippen LogP contribution < -0.4 is 11.1 Å². The molecule has 0 unspecified atom stereocenters. The van der Waals surface area contributed by atoms with Crippen LogP contribution in [0, 0.1) is 11.6 Å². The van der Waals surface area contributed by atoms with Crippen molar-refractivity contribution in [2.45, 2.75) is 26.4 Å². The minimum absolute atomic E-state index is 0.291. The van der Waals surface area contributed by atoms with Crippen molar-refractivity contribution in [3.63, 3.8) is 0 Å². The number of aromatic nitrogens is 2. The van der Waals surface area contributed by atoms with Crippen LogP contribution in [0.5, 0.6) is 0 Å². The number of nitrogens with two attached hydrogens (primary N) is 1. The Morgan fingerprint density at radius 1 is 1.35 bits per heavy atom. The van der Waals surface area contributed by atoms with Crippen LogP contribution in [0.1, 0.15) is 20.8 Å². The molecule has 1 aromatic heterocycles. The summed E-state index contributed by atoms with van der Waals surface area (Å²) in [5.41, 5.74) is 5.46. The van der Waals surface area contributed by atoms with E-state index in [4.69, 9.17) is 10.5 Å². The number of nitrogens with one attached hydrogen (secondary N) is 1. The molecule has 23 heavy (non-hydrogen) atoms. The van der Waals surface area contributed by atoms with Gasteiger partial charge in [-0.15, -0.1) is 0 Å². The van der Waals surface area contributed by atoms with E-state index in [0.717, 1.165) is 6.07 Å². The van der Waals surface area contributed by atoms with E-state index in [1.165, 1.54) is 16.9 Å². The number of carbonyl (C=O) groups is 1. The second-order valence-electron chi connectivity index (χ2n) is 6.01. The van der Waals surface area contributed by atoms with Crippen LogP contribution in [0.3, 0.4) is 0 Å². The fourth-order valence-electron chi connectivity index (χ4n) is 1.92. The summed E-state index contributed by atoms with van der Waals surface area (Å²) < 4.78 is 34.1. The lowest BCUT2D eigenvalue weighted by Crippen LogP contribution is -2.27. The largest absolute Gasteiger partial charge is 0.444 e. The van der Waals surface area contributed by atoms with E-state index in [2.05, 4.69) is 10.4 Å². The third kappa shape index (κ3) is 3.77. The summed E-state index contributed by atoms with van der Waals surface area (Å²) in [4.78, 5) is 11.7. The maximum Gasteiger partial charge on any atom is 0.412 e. The first kappa shape index (κ1) is 16.7. The molecule has 1 aromatic carbocycles. The summed E-state index contributed by atoms with van der Waals surface area (Å²) in [5, 5.41) is 6.15. The third-order valence-electron chi connectivity index (χ3n) is 2.96. The SMILES string of the molecule is Cn1ncc(-c2cc(F)c(F)c(NC(=O)OC(C)(C)C)c2)c1N. The van der Waals surface area contributed by atoms with Gasteiger partial charge in [-0.2, -0.15) is 5.10 Å². The summed E-state index contributed by atoms with van der Waals surface area (Å²) in [7, 11) is 1.62. The van der Waals surface area contributed by atoms with Gasteiger partial charge in [-0.3, -0.25) is 10.00 Å². The smallest absolute Gasteiger partial charge is 0.412 e. The number of amides is 1. The van der Waals surface area contributed by atoms with Gasteiger partial charge < -0.3 is 10.5 Å². The number of carbonyl (C=O) groups excluding carboxylic acids is 1. The van der Waals surface area contributed by atoms with Crippen LogP contribution in [0.25, 0.3) is 11.1 Å². The number of anilines is 2. The van der Waals surface area contributed by atoms with Crippen LogP contribution in [-0.4, -0.2) is 21.5 Å². The van der Waals surface area contributed by atoms with E-state index < -0.39 is 23.3 Å². The Labute approximate surface area is 132 Å². The zero-order chi connectivity index (χ0) is 17.4. The molecule has 2 rings (SSSR count). The molecule has 124 valence electrons. The Bertz CT molecular complexity index is 751. The van der Waals surface area contributed by atoms with Gasteiger partial charge in [0.15, 0.2) is 11.6 Å². The molecule has 2 aromatic rings. The highest BCUT2D eigenvalue weighted by Gasteiger charge is 2.20. The average molecular weight is 324 g/mol. The number of halogens is 2. The molecule has 0 spiro atoms. The standard InChI is InChI=1S/C15H18F2N4O2/c1-15(2,3)23-14(22)20-11-6-8(5-10(16)12(11)17)9-7-19-21(4)13(9)18/h5-7H,18H2,1-4H3,(H,20,22). The number of hydrogen-bond acceptors (Lipinski definition) is 4. The fourth-order valence-corrected chi connectivity index (χ4v) is 1.92. The van der Waals surface area contributed by atoms with Crippen molar-refractivity contribution in [2.24, 2.45) is 7.05 Å². The summed E-state index contributed by atoms with van der Waals surface area (Å²) in [6.07, 6.45) is 0.548. The van der Waals surface area contributed by atoms with Gasteiger partial charge in [-0.05, 0) is 38.5 Å². The molecule has 1 heterocycles. The lowest BCUT2D eigenvalue weighted by molar-refractivity contribution is 0.0635. The molecule has 0 aliphatic heterocycles. The molecule has 1 amide bonds. The highest BCUT2D eigenvalue weighted by Crippen LogP contribution is 2.30. The summed E-state index contributed by atoms with van der Waals surface area (Å²) in [5.74, 6) is -2.00. The van der Waals surface area contributed by atoms with E-state index in [0.29, 0.717) is 16.9 Å². The van der Waals surface area contributed by atoms with Crippen LogP contribution in [0.15, 0.2) is 18.3 Å². The molecule has 3 N–H and O–H groups in total. The quantitative estimate of drug-likeness (QED) is 0.888. The van der Waals surface area contributed by atoms with E-state index in [-0.39, 0.29) is 5.69 Å². The zero-order valence-electron chi connectivity index (χ0n) is 13.3. The van der Waals surface area contributed by atoms with Crippen molar-refractivity contribution in [3.05, 3.63) is 30.0 Å². The predicted octanol–water partition coefficient (Wildman–Crippen LogP) is 3.29. The second-order valence-corrected chi connectivity index (χ2v) is 6.01. The molecule has 0 bridgehead atoms. The first-order valence-electron chi connectivity index (χ1n) is 6.85. The van der Waals surface area contributed by atoms with Crippen LogP contribution >= 0.6 is 0 Å². The lowest BCUT2D eigenvalue weighted by Gasteiger charge is -2.20. The van der Waals surface area contributed by atoms with Gasteiger partial charge in [0.05, 0.1) is 11.9 Å². The first-order valence-corrected chi connectivity index (χ1v) is 6.85. The monoisotopic (exact) mass is 324 g/mol. The minimum atomic E-state index is -1.18. The van der Waals surface area contributed by atoms with E-state index in [1.54, 1.807) is 27.8 Å². The normalized spacial score (nSPS) is 11.4. The topological polar surface area (TPSA) is 82.2 Å². The van der Waals surface area contributed by atoms with Gasteiger partial charge >= 0.3 is 6.09 Å². The van der Waals surface area contributed by atoms with Gasteiger partial charge in [-0.1, -0.05) is 0 Å². The number of rotatable bonds is 2. The van der Waals surface area contributed by atoms with Crippen LogP contribution in [0.2, 0.25) is 0 Å². The Morgan fingerprint density at radius 2 is 2.00 bits per heavy atom. The second kappa shape index (κ2) is 5.86. The van der Waals surface area contributed by atoms with Gasteiger partial charge in [0.25, 0.3) is 0 Å². The Morgan fingerprint density at radius 3 is 2.52 bits per heavy atom. The molecule has 6 nitrogen and oxygen atoms in total. The van der Waals surface area contributed by atoms with Crippen molar-refractivity contribution < 1.29 is 18.3 Å². The van der Waals surface area contributed by atoms with Gasteiger partial charge in [0, 0.05) is 12.6 Å². The zero-order valence-corrected chi connectivity index (χ0v) is 13.3. The van der Waals surface area contributed by atoms with E-state index >= 15 is 0 Å². The summed E-state index contributed by atoms with van der Waals surface area (Å²) in [6.45, 7) is 4.99. The molecule has 8 heteroatoms. The predicted molar refractivity (Wildman–Crippen MR) is 82.8 cm³/mol. The van der Waals surface area contributed by atoms with E-state index in [1.807, 2.05) is 0 Å². The summed E-state index contributed by atoms with van der Waals surface area (Å²) >= 11 is 0. The maximum atomic E-state index is 13.9. The number of aryl methyl sites for hydroxylation is 1. The molecule has 0 atom stereocenters. The molecular weight excluding hydrogens is 306 g/mol.